The van der Waals surface area contributed by atoms with Gasteiger partial charge in [-0.25, -0.2) is 0 Å². The predicted molar refractivity (Wildman–Crippen MR) is 112 cm³/mol. The normalized spacial score (nSPS) is 28.2. The fourth-order valence-corrected chi connectivity index (χ4v) is 5.23. The lowest BCUT2D eigenvalue weighted by Gasteiger charge is -2.47. The molecule has 1 aliphatic carbocycles. The number of aliphatic hydroxyl groups is 1. The van der Waals surface area contributed by atoms with Crippen molar-refractivity contribution in [2.75, 3.05) is 26.8 Å². The van der Waals surface area contributed by atoms with Crippen molar-refractivity contribution in [3.05, 3.63) is 23.3 Å². The number of methoxy groups -OCH3 is 1. The topological polar surface area (TPSA) is 41.9 Å². The number of hydrogen-bond acceptors (Lipinski definition) is 4. The summed E-state index contributed by atoms with van der Waals surface area (Å²) in [4.78, 5) is 2.58. The van der Waals surface area contributed by atoms with Crippen LogP contribution in [0.5, 0.6) is 11.5 Å². The summed E-state index contributed by atoms with van der Waals surface area (Å²) in [7, 11) is 1.73. The predicted octanol–water partition coefficient (Wildman–Crippen LogP) is 4.59. The van der Waals surface area contributed by atoms with Crippen molar-refractivity contribution in [1.82, 2.24) is 4.90 Å². The second-order valence-electron chi connectivity index (χ2n) is 10.4. The number of ether oxygens (including phenoxy) is 2. The van der Waals surface area contributed by atoms with Gasteiger partial charge in [0.2, 0.25) is 0 Å². The largest absolute Gasteiger partial charge is 0.493 e. The van der Waals surface area contributed by atoms with Gasteiger partial charge in [-0.3, -0.25) is 4.90 Å². The van der Waals surface area contributed by atoms with Crippen LogP contribution in [0.4, 0.5) is 0 Å². The van der Waals surface area contributed by atoms with E-state index in [-0.39, 0.29) is 11.5 Å². The molecule has 0 amide bonds. The Hall–Kier alpha value is -1.26. The molecule has 1 saturated heterocycles. The summed E-state index contributed by atoms with van der Waals surface area (Å²) >= 11 is 0. The highest BCUT2D eigenvalue weighted by Crippen LogP contribution is 2.44. The Morgan fingerprint density at radius 3 is 2.61 bits per heavy atom. The molecule has 156 valence electrons. The van der Waals surface area contributed by atoms with Crippen LogP contribution in [0.25, 0.3) is 0 Å². The Bertz CT molecular complexity index is 692. The van der Waals surface area contributed by atoms with E-state index in [0.717, 1.165) is 50.5 Å². The van der Waals surface area contributed by atoms with Crippen LogP contribution in [-0.4, -0.2) is 42.9 Å². The molecule has 0 aromatic heterocycles. The third kappa shape index (κ3) is 4.18. The zero-order chi connectivity index (χ0) is 19.9. The number of hydrogen-bond donors (Lipinski definition) is 1. The summed E-state index contributed by atoms with van der Waals surface area (Å²) in [6.45, 7) is 9.68. The quantitative estimate of drug-likeness (QED) is 0.802. The lowest BCUT2D eigenvalue weighted by molar-refractivity contribution is -0.0259. The molecule has 4 rings (SSSR count). The lowest BCUT2D eigenvalue weighted by Crippen LogP contribution is -2.48. The fraction of sp³-hybridized carbons (Fsp3) is 0.750. The Balaban J connectivity index is 1.52. The van der Waals surface area contributed by atoms with Crippen LogP contribution in [0.15, 0.2) is 12.1 Å². The van der Waals surface area contributed by atoms with E-state index in [1.54, 1.807) is 7.11 Å². The molecule has 2 fully saturated rings. The number of aliphatic hydroxyl groups excluding tert-OH is 1. The van der Waals surface area contributed by atoms with Crippen molar-refractivity contribution < 1.29 is 14.6 Å². The molecule has 3 aliphatic rings. The van der Waals surface area contributed by atoms with Gasteiger partial charge in [-0.1, -0.05) is 27.2 Å². The van der Waals surface area contributed by atoms with Crippen molar-refractivity contribution in [2.24, 2.45) is 17.3 Å². The van der Waals surface area contributed by atoms with Gasteiger partial charge in [0.05, 0.1) is 19.8 Å². The monoisotopic (exact) mass is 387 g/mol. The molecule has 2 heterocycles. The first-order valence-electron chi connectivity index (χ1n) is 11.1. The van der Waals surface area contributed by atoms with Crippen molar-refractivity contribution in [1.29, 1.82) is 0 Å². The molecule has 0 spiro atoms. The van der Waals surface area contributed by atoms with Crippen LogP contribution < -0.4 is 9.47 Å². The third-order valence-electron chi connectivity index (χ3n) is 6.95. The van der Waals surface area contributed by atoms with E-state index in [9.17, 15) is 5.11 Å². The van der Waals surface area contributed by atoms with Crippen LogP contribution >= 0.6 is 0 Å². The number of benzene rings is 1. The second kappa shape index (κ2) is 7.87. The highest BCUT2D eigenvalue weighted by Gasteiger charge is 2.39. The number of nitrogens with zero attached hydrogens (tertiary/aromatic N) is 1. The maximum absolute atomic E-state index is 10.9. The third-order valence-corrected chi connectivity index (χ3v) is 6.95. The van der Waals surface area contributed by atoms with Gasteiger partial charge in [0.15, 0.2) is 11.5 Å². The van der Waals surface area contributed by atoms with Gasteiger partial charge in [0.1, 0.15) is 0 Å². The molecule has 1 saturated carbocycles. The van der Waals surface area contributed by atoms with E-state index in [1.807, 2.05) is 0 Å². The molecule has 1 aromatic rings. The summed E-state index contributed by atoms with van der Waals surface area (Å²) in [6.07, 6.45) is 6.63. The molecule has 0 radical (unpaired) electrons. The van der Waals surface area contributed by atoms with Crippen LogP contribution in [-0.2, 0) is 6.42 Å². The minimum Gasteiger partial charge on any atom is -0.493 e. The number of fused-ring (bicyclic) bond motifs is 3. The molecule has 4 nitrogen and oxygen atoms in total. The summed E-state index contributed by atoms with van der Waals surface area (Å²) in [5, 5.41) is 10.9. The molecule has 3 atom stereocenters. The smallest absolute Gasteiger partial charge is 0.161 e. The summed E-state index contributed by atoms with van der Waals surface area (Å²) in [5.74, 6) is 2.81. The van der Waals surface area contributed by atoms with Gasteiger partial charge in [0.25, 0.3) is 0 Å². The Labute approximate surface area is 170 Å². The van der Waals surface area contributed by atoms with E-state index in [4.69, 9.17) is 9.47 Å². The molecule has 1 N–H and O–H groups in total. The maximum atomic E-state index is 10.9. The minimum absolute atomic E-state index is 0.230. The van der Waals surface area contributed by atoms with Crippen LogP contribution in [0.2, 0.25) is 0 Å². The molecule has 1 aromatic carbocycles. The van der Waals surface area contributed by atoms with Crippen LogP contribution in [0.1, 0.15) is 70.0 Å². The fourth-order valence-electron chi connectivity index (χ4n) is 5.23. The average Bonchev–Trinajstić information content (AvgIpc) is 2.59. The first-order chi connectivity index (χ1) is 13.3. The van der Waals surface area contributed by atoms with Gasteiger partial charge in [-0.05, 0) is 72.6 Å². The highest BCUT2D eigenvalue weighted by atomic mass is 16.5. The van der Waals surface area contributed by atoms with Gasteiger partial charge < -0.3 is 14.6 Å². The first-order valence-corrected chi connectivity index (χ1v) is 11.1. The average molecular weight is 388 g/mol. The molecular weight excluding hydrogens is 350 g/mol. The SMILES string of the molecule is COc1cc2c(cc1OCC1CCC1)CCN1CC(CC(C)(C)C)C(O)CC21. The summed E-state index contributed by atoms with van der Waals surface area (Å²) < 4.78 is 11.8. The van der Waals surface area contributed by atoms with Crippen molar-refractivity contribution in [3.63, 3.8) is 0 Å². The molecule has 0 bridgehead atoms. The van der Waals surface area contributed by atoms with Gasteiger partial charge >= 0.3 is 0 Å². The molecular formula is C24H37NO3. The van der Waals surface area contributed by atoms with Crippen molar-refractivity contribution in [2.45, 2.75) is 71.4 Å². The zero-order valence-electron chi connectivity index (χ0n) is 18.0. The van der Waals surface area contributed by atoms with Crippen molar-refractivity contribution in [3.8, 4) is 11.5 Å². The summed E-state index contributed by atoms with van der Waals surface area (Å²) in [5.41, 5.74) is 2.95. The Kier molecular flexibility index (Phi) is 5.63. The molecule has 28 heavy (non-hydrogen) atoms. The molecule has 2 aliphatic heterocycles. The first kappa shape index (κ1) is 20.0. The van der Waals surface area contributed by atoms with Crippen LogP contribution in [0.3, 0.4) is 0 Å². The van der Waals surface area contributed by atoms with Gasteiger partial charge in [-0.15, -0.1) is 0 Å². The van der Waals surface area contributed by atoms with E-state index < -0.39 is 0 Å². The van der Waals surface area contributed by atoms with E-state index in [1.165, 1.54) is 30.4 Å². The number of piperidine rings is 1. The summed E-state index contributed by atoms with van der Waals surface area (Å²) in [6, 6.07) is 4.68. The van der Waals surface area contributed by atoms with Gasteiger partial charge in [0, 0.05) is 19.1 Å². The van der Waals surface area contributed by atoms with Crippen LogP contribution in [0, 0.1) is 17.3 Å². The highest BCUT2D eigenvalue weighted by molar-refractivity contribution is 5.49. The van der Waals surface area contributed by atoms with E-state index in [2.05, 4.69) is 37.8 Å². The van der Waals surface area contributed by atoms with Gasteiger partial charge in [-0.2, -0.15) is 0 Å². The maximum Gasteiger partial charge on any atom is 0.161 e. The van der Waals surface area contributed by atoms with E-state index >= 15 is 0 Å². The van der Waals surface area contributed by atoms with E-state index in [0.29, 0.717) is 17.9 Å². The molecule has 3 unspecified atom stereocenters. The minimum atomic E-state index is -0.230. The zero-order valence-corrected chi connectivity index (χ0v) is 18.0. The lowest BCUT2D eigenvalue weighted by atomic mass is 9.75. The Morgan fingerprint density at radius 1 is 1.18 bits per heavy atom. The number of rotatable bonds is 5. The molecule has 4 heteroatoms. The van der Waals surface area contributed by atoms with Crippen molar-refractivity contribution >= 4 is 0 Å². The standard InChI is InChI=1S/C24H37NO3/c1-24(2,3)13-18-14-25-9-8-17-10-23(28-15-16-6-5-7-16)22(27-4)11-19(17)20(25)12-21(18)26/h10-11,16,18,20-21,26H,5-9,12-15H2,1-4H3. The second-order valence-corrected chi connectivity index (χ2v) is 10.4. The Morgan fingerprint density at radius 2 is 1.96 bits per heavy atom.